The molecule has 17 heavy (non-hydrogen) atoms. The van der Waals surface area contributed by atoms with E-state index in [2.05, 4.69) is 9.88 Å². The van der Waals surface area contributed by atoms with Crippen LogP contribution in [-0.2, 0) is 6.54 Å². The quantitative estimate of drug-likeness (QED) is 0.737. The normalized spacial score (nSPS) is 16.8. The van der Waals surface area contributed by atoms with Gasteiger partial charge in [-0.1, -0.05) is 18.2 Å². The van der Waals surface area contributed by atoms with Gasteiger partial charge in [0, 0.05) is 17.5 Å². The number of pyridine rings is 1. The molecule has 0 bridgehead atoms. The van der Waals surface area contributed by atoms with Gasteiger partial charge in [-0.25, -0.2) is 4.98 Å². The first kappa shape index (κ1) is 10.7. The van der Waals surface area contributed by atoms with Crippen molar-refractivity contribution in [2.45, 2.75) is 19.4 Å². The van der Waals surface area contributed by atoms with Crippen molar-refractivity contribution in [3.05, 3.63) is 41.8 Å². The third kappa shape index (κ3) is 2.15. The molecule has 2 aromatic rings. The molecular weight excluding hydrogens is 215 g/mol. The summed E-state index contributed by atoms with van der Waals surface area (Å²) in [6.07, 6.45) is 2.45. The Hall–Kier alpha value is -1.48. The Kier molecular flexibility index (Phi) is 2.77. The summed E-state index contributed by atoms with van der Waals surface area (Å²) >= 11 is 0. The molecule has 0 unspecified atom stereocenters. The van der Waals surface area contributed by atoms with Crippen LogP contribution in [0, 0.1) is 5.95 Å². The van der Waals surface area contributed by atoms with Crippen LogP contribution >= 0.6 is 0 Å². The minimum absolute atomic E-state index is 0.324. The number of benzene rings is 1. The van der Waals surface area contributed by atoms with Gasteiger partial charge in [0.25, 0.3) is 0 Å². The molecule has 1 aliphatic rings. The summed E-state index contributed by atoms with van der Waals surface area (Å²) in [6.45, 7) is 2.84. The van der Waals surface area contributed by atoms with E-state index < -0.39 is 0 Å². The monoisotopic (exact) mass is 230 g/mol. The summed E-state index contributed by atoms with van der Waals surface area (Å²) in [7, 11) is 0. The molecule has 1 aliphatic heterocycles. The molecule has 1 aromatic carbocycles. The summed E-state index contributed by atoms with van der Waals surface area (Å²) < 4.78 is 13.8. The fraction of sp³-hybridized carbons (Fsp3) is 0.357. The number of fused-ring (bicyclic) bond motifs is 1. The van der Waals surface area contributed by atoms with Crippen LogP contribution in [0.15, 0.2) is 30.3 Å². The molecule has 2 nitrogen and oxygen atoms in total. The Morgan fingerprint density at radius 2 is 1.94 bits per heavy atom. The molecule has 0 amide bonds. The van der Waals surface area contributed by atoms with Crippen LogP contribution in [0.3, 0.4) is 0 Å². The Morgan fingerprint density at radius 3 is 2.76 bits per heavy atom. The Bertz CT molecular complexity index is 533. The second-order valence-corrected chi connectivity index (χ2v) is 4.61. The first-order chi connectivity index (χ1) is 8.33. The van der Waals surface area contributed by atoms with E-state index in [1.807, 2.05) is 30.3 Å². The smallest absolute Gasteiger partial charge is 0.217 e. The second-order valence-electron chi connectivity index (χ2n) is 4.61. The lowest BCUT2D eigenvalue weighted by Gasteiger charge is -2.15. The van der Waals surface area contributed by atoms with Gasteiger partial charge in [-0.3, -0.25) is 4.90 Å². The first-order valence-electron chi connectivity index (χ1n) is 6.09. The number of rotatable bonds is 2. The number of nitrogens with zero attached hydrogens (tertiary/aromatic N) is 2. The summed E-state index contributed by atoms with van der Waals surface area (Å²) in [6, 6.07) is 9.60. The average molecular weight is 230 g/mol. The molecule has 0 saturated carbocycles. The number of hydrogen-bond acceptors (Lipinski definition) is 2. The number of aromatic nitrogens is 1. The van der Waals surface area contributed by atoms with Crippen LogP contribution in [0.2, 0.25) is 0 Å². The summed E-state index contributed by atoms with van der Waals surface area (Å²) in [5.74, 6) is -0.324. The molecule has 0 radical (unpaired) electrons. The van der Waals surface area contributed by atoms with Gasteiger partial charge in [0.1, 0.15) is 0 Å². The van der Waals surface area contributed by atoms with E-state index in [9.17, 15) is 4.39 Å². The lowest BCUT2D eigenvalue weighted by Crippen LogP contribution is -2.19. The Balaban J connectivity index is 1.95. The molecule has 0 atom stereocenters. The summed E-state index contributed by atoms with van der Waals surface area (Å²) in [5.41, 5.74) is 1.45. The van der Waals surface area contributed by atoms with Gasteiger partial charge >= 0.3 is 0 Å². The molecule has 88 valence electrons. The fourth-order valence-corrected chi connectivity index (χ4v) is 2.43. The molecular formula is C14H15FN2. The lowest BCUT2D eigenvalue weighted by molar-refractivity contribution is 0.324. The highest BCUT2D eigenvalue weighted by Gasteiger charge is 2.15. The molecule has 1 fully saturated rings. The molecule has 0 spiro atoms. The standard InChI is InChI=1S/C14H15FN2/c15-14-12(10-17-7-3-4-8-17)9-11-5-1-2-6-13(11)16-14/h1-2,5-6,9H,3-4,7-8,10H2. The van der Waals surface area contributed by atoms with Crippen molar-refractivity contribution in [3.8, 4) is 0 Å². The number of likely N-dealkylation sites (tertiary alicyclic amines) is 1. The van der Waals surface area contributed by atoms with Crippen molar-refractivity contribution in [2.75, 3.05) is 13.1 Å². The lowest BCUT2D eigenvalue weighted by atomic mass is 10.1. The topological polar surface area (TPSA) is 16.1 Å². The average Bonchev–Trinajstić information content (AvgIpc) is 2.83. The maximum atomic E-state index is 13.8. The predicted molar refractivity (Wildman–Crippen MR) is 66.2 cm³/mol. The Labute approximate surface area is 100 Å². The van der Waals surface area contributed by atoms with Crippen molar-refractivity contribution >= 4 is 10.9 Å². The zero-order valence-corrected chi connectivity index (χ0v) is 9.69. The highest BCUT2D eigenvalue weighted by molar-refractivity contribution is 5.78. The van der Waals surface area contributed by atoms with Crippen LogP contribution in [0.25, 0.3) is 10.9 Å². The van der Waals surface area contributed by atoms with Crippen molar-refractivity contribution in [1.82, 2.24) is 9.88 Å². The zero-order chi connectivity index (χ0) is 11.7. The third-order valence-corrected chi connectivity index (χ3v) is 3.34. The van der Waals surface area contributed by atoms with Gasteiger partial charge in [0.05, 0.1) is 5.52 Å². The molecule has 0 N–H and O–H groups in total. The minimum Gasteiger partial charge on any atom is -0.299 e. The van der Waals surface area contributed by atoms with E-state index in [0.717, 1.165) is 24.0 Å². The molecule has 3 rings (SSSR count). The zero-order valence-electron chi connectivity index (χ0n) is 9.69. The summed E-state index contributed by atoms with van der Waals surface area (Å²) in [5, 5.41) is 1.02. The highest BCUT2D eigenvalue weighted by Crippen LogP contribution is 2.19. The maximum absolute atomic E-state index is 13.8. The molecule has 1 aromatic heterocycles. The van der Waals surface area contributed by atoms with Crippen molar-refractivity contribution in [2.24, 2.45) is 0 Å². The number of hydrogen-bond donors (Lipinski definition) is 0. The molecule has 3 heteroatoms. The van der Waals surface area contributed by atoms with Gasteiger partial charge in [0.2, 0.25) is 5.95 Å². The van der Waals surface area contributed by atoms with E-state index in [-0.39, 0.29) is 5.95 Å². The van der Waals surface area contributed by atoms with E-state index in [1.165, 1.54) is 12.8 Å². The van der Waals surface area contributed by atoms with E-state index in [4.69, 9.17) is 0 Å². The first-order valence-corrected chi connectivity index (χ1v) is 6.09. The van der Waals surface area contributed by atoms with E-state index in [1.54, 1.807) is 0 Å². The van der Waals surface area contributed by atoms with Crippen LogP contribution in [-0.4, -0.2) is 23.0 Å². The van der Waals surface area contributed by atoms with Gasteiger partial charge in [0.15, 0.2) is 0 Å². The third-order valence-electron chi connectivity index (χ3n) is 3.34. The van der Waals surface area contributed by atoms with Gasteiger partial charge < -0.3 is 0 Å². The number of para-hydroxylation sites is 1. The van der Waals surface area contributed by atoms with Crippen LogP contribution in [0.5, 0.6) is 0 Å². The molecule has 1 saturated heterocycles. The van der Waals surface area contributed by atoms with Crippen molar-refractivity contribution in [1.29, 1.82) is 0 Å². The highest BCUT2D eigenvalue weighted by atomic mass is 19.1. The van der Waals surface area contributed by atoms with Gasteiger partial charge in [-0.15, -0.1) is 0 Å². The number of halogens is 1. The SMILES string of the molecule is Fc1nc2ccccc2cc1CN1CCCC1. The second kappa shape index (κ2) is 4.41. The summed E-state index contributed by atoms with van der Waals surface area (Å²) in [4.78, 5) is 6.31. The van der Waals surface area contributed by atoms with Crippen LogP contribution < -0.4 is 0 Å². The van der Waals surface area contributed by atoms with Gasteiger partial charge in [-0.2, -0.15) is 4.39 Å². The van der Waals surface area contributed by atoms with Gasteiger partial charge in [-0.05, 0) is 38.1 Å². The molecule has 0 aliphatic carbocycles. The van der Waals surface area contributed by atoms with Crippen LogP contribution in [0.1, 0.15) is 18.4 Å². The maximum Gasteiger partial charge on any atom is 0.217 e. The van der Waals surface area contributed by atoms with E-state index in [0.29, 0.717) is 12.1 Å². The predicted octanol–water partition coefficient (Wildman–Crippen LogP) is 2.97. The fourth-order valence-electron chi connectivity index (χ4n) is 2.43. The van der Waals surface area contributed by atoms with E-state index >= 15 is 0 Å². The largest absolute Gasteiger partial charge is 0.299 e. The van der Waals surface area contributed by atoms with Crippen molar-refractivity contribution in [3.63, 3.8) is 0 Å². The minimum atomic E-state index is -0.324. The van der Waals surface area contributed by atoms with Crippen molar-refractivity contribution < 1.29 is 4.39 Å². The molecule has 2 heterocycles. The Morgan fingerprint density at radius 1 is 1.18 bits per heavy atom. The van der Waals surface area contributed by atoms with Crippen LogP contribution in [0.4, 0.5) is 4.39 Å².